The molecule has 0 aliphatic carbocycles. The molecule has 0 spiro atoms. The molecule has 1 rings (SSSR count). The third-order valence-corrected chi connectivity index (χ3v) is 11.5. The third kappa shape index (κ3) is 25.9. The fourth-order valence-electron chi connectivity index (χ4n) is 6.99. The Morgan fingerprint density at radius 1 is 0.525 bits per heavy atom. The summed E-state index contributed by atoms with van der Waals surface area (Å²) in [5.41, 5.74) is 32.7. The molecular formula is C46H76N16O18. The number of aliphatic imine (C=N–C) groups is 1. The highest BCUT2D eigenvalue weighted by Gasteiger charge is 2.36. The number of nitrogens with two attached hydrogens (primary N) is 6. The van der Waals surface area contributed by atoms with Crippen molar-refractivity contribution in [1.82, 2.24) is 47.9 Å². The van der Waals surface area contributed by atoms with Gasteiger partial charge < -0.3 is 113 Å². The molecule has 0 aromatic heterocycles. The van der Waals surface area contributed by atoms with Crippen LogP contribution in [0.2, 0.25) is 0 Å². The summed E-state index contributed by atoms with van der Waals surface area (Å²) in [6.07, 6.45) is -2.77. The normalized spacial score (nSPS) is 15.1. The molecule has 0 radical (unpaired) electrons. The Morgan fingerprint density at radius 3 is 1.48 bits per heavy atom. The van der Waals surface area contributed by atoms with Crippen molar-refractivity contribution in [2.75, 3.05) is 32.9 Å². The van der Waals surface area contributed by atoms with Gasteiger partial charge in [-0.05, 0) is 70.2 Å². The van der Waals surface area contributed by atoms with Gasteiger partial charge >= 0.3 is 5.97 Å². The van der Waals surface area contributed by atoms with Crippen LogP contribution in [-0.2, 0) is 64.0 Å². The first-order chi connectivity index (χ1) is 37.6. The number of nitrogens with zero attached hydrogens (tertiary/aromatic N) is 1. The number of aliphatic hydroxyl groups is 4. The van der Waals surface area contributed by atoms with E-state index in [1.807, 2.05) is 0 Å². The molecule has 34 nitrogen and oxygen atoms in total. The van der Waals surface area contributed by atoms with E-state index in [-0.39, 0.29) is 43.1 Å². The van der Waals surface area contributed by atoms with Crippen molar-refractivity contribution in [3.8, 4) is 5.75 Å². The van der Waals surface area contributed by atoms with Crippen molar-refractivity contribution < 1.29 is 88.2 Å². The highest BCUT2D eigenvalue weighted by molar-refractivity contribution is 5.99. The van der Waals surface area contributed by atoms with Gasteiger partial charge in [0, 0.05) is 19.4 Å². The van der Waals surface area contributed by atoms with Crippen molar-refractivity contribution in [2.45, 2.75) is 138 Å². The highest BCUT2D eigenvalue weighted by atomic mass is 16.4. The fraction of sp³-hybridized carbons (Fsp3) is 0.587. The van der Waals surface area contributed by atoms with Crippen molar-refractivity contribution in [1.29, 1.82) is 0 Å². The summed E-state index contributed by atoms with van der Waals surface area (Å²) < 4.78 is 0. The fourth-order valence-corrected chi connectivity index (χ4v) is 6.99. The van der Waals surface area contributed by atoms with Gasteiger partial charge in [-0.25, -0.2) is 4.79 Å². The Morgan fingerprint density at radius 2 is 0.988 bits per heavy atom. The maximum Gasteiger partial charge on any atom is 0.326 e. The second-order valence-electron chi connectivity index (χ2n) is 18.2. The minimum Gasteiger partial charge on any atom is -0.508 e. The van der Waals surface area contributed by atoms with E-state index in [0.717, 1.165) is 13.8 Å². The predicted octanol–water partition coefficient (Wildman–Crippen LogP) is -10.6. The molecule has 0 saturated heterocycles. The number of aliphatic hydroxyl groups excluding tert-OH is 4. The van der Waals surface area contributed by atoms with Crippen LogP contribution in [0, 0.1) is 0 Å². The number of benzene rings is 1. The van der Waals surface area contributed by atoms with Gasteiger partial charge in [0.2, 0.25) is 65.0 Å². The number of rotatable bonds is 38. The molecule has 1 aromatic carbocycles. The number of phenolic OH excluding ortho intramolecular Hbond substituents is 1. The van der Waals surface area contributed by atoms with E-state index >= 15 is 0 Å². The van der Waals surface area contributed by atoms with E-state index in [4.69, 9.17) is 34.4 Å². The second kappa shape index (κ2) is 36.0. The maximum atomic E-state index is 13.9. The Bertz CT molecular complexity index is 2320. The number of amides is 11. The van der Waals surface area contributed by atoms with Gasteiger partial charge in [-0.15, -0.1) is 0 Å². The maximum absolute atomic E-state index is 13.9. The van der Waals surface area contributed by atoms with Crippen LogP contribution < -0.4 is 82.3 Å². The number of hydrogen-bond acceptors (Lipinski definition) is 20. The van der Waals surface area contributed by atoms with Crippen LogP contribution in [0.1, 0.15) is 70.8 Å². The first-order valence-corrected chi connectivity index (χ1v) is 24.9. The largest absolute Gasteiger partial charge is 0.508 e. The van der Waals surface area contributed by atoms with Gasteiger partial charge in [-0.3, -0.25) is 57.7 Å². The average molecular weight is 1140 g/mol. The van der Waals surface area contributed by atoms with Crippen molar-refractivity contribution in [3.63, 3.8) is 0 Å². The monoisotopic (exact) mass is 1140 g/mol. The first kappa shape index (κ1) is 69.7. The van der Waals surface area contributed by atoms with Crippen LogP contribution in [0.15, 0.2) is 29.3 Å². The third-order valence-electron chi connectivity index (χ3n) is 11.5. The van der Waals surface area contributed by atoms with Crippen molar-refractivity contribution in [3.05, 3.63) is 29.8 Å². The van der Waals surface area contributed by atoms with Crippen LogP contribution in [-0.4, -0.2) is 207 Å². The summed E-state index contributed by atoms with van der Waals surface area (Å²) in [5.74, 6) is -14.3. The quantitative estimate of drug-likeness (QED) is 0.0166. The van der Waals surface area contributed by atoms with E-state index in [1.54, 1.807) is 0 Å². The van der Waals surface area contributed by atoms with Gasteiger partial charge in [0.05, 0.1) is 38.4 Å². The minimum absolute atomic E-state index is 0.0241. The van der Waals surface area contributed by atoms with Crippen LogP contribution in [0.5, 0.6) is 5.75 Å². The number of carboxylic acid groups (broad SMARTS) is 1. The molecule has 34 heteroatoms. The lowest BCUT2D eigenvalue weighted by atomic mass is 10.0. The van der Waals surface area contributed by atoms with Gasteiger partial charge in [0.1, 0.15) is 60.1 Å². The van der Waals surface area contributed by atoms with Crippen LogP contribution in [0.3, 0.4) is 0 Å². The molecule has 0 unspecified atom stereocenters. The number of unbranched alkanes of at least 4 members (excludes halogenated alkanes) is 1. The van der Waals surface area contributed by atoms with Gasteiger partial charge in [-0.1, -0.05) is 18.6 Å². The van der Waals surface area contributed by atoms with E-state index in [9.17, 15) is 88.2 Å². The Kier molecular flexibility index (Phi) is 31.3. The SMILES string of the molecule is C[C@H](NC(=O)[C@@H](NC(=O)[C@H](CO)NC(=O)[C@H](CC(N)=O)NC(=O)[C@@H](N)CCCCN)[C@@H](C)O)C(=O)N[C@@H](CO)C(=O)N[C@@H](Cc1ccc(O)cc1)C(=O)N[C@@H](CO)C(=O)N[C@@H](CCCN=C(N)N)C(=O)N[C@@H](CCC(N)=O)C(=O)O. The van der Waals surface area contributed by atoms with Gasteiger partial charge in [0.15, 0.2) is 5.96 Å². The predicted molar refractivity (Wildman–Crippen MR) is 278 cm³/mol. The molecule has 11 amide bonds. The Balaban J connectivity index is 3.28. The second-order valence-corrected chi connectivity index (χ2v) is 18.2. The zero-order valence-electron chi connectivity index (χ0n) is 44.1. The summed E-state index contributed by atoms with van der Waals surface area (Å²) >= 11 is 0. The summed E-state index contributed by atoms with van der Waals surface area (Å²) in [4.78, 5) is 159. The number of aromatic hydroxyl groups is 1. The summed E-state index contributed by atoms with van der Waals surface area (Å²) in [6, 6.07) is -11.7. The van der Waals surface area contributed by atoms with E-state index in [2.05, 4.69) is 52.8 Å². The summed E-state index contributed by atoms with van der Waals surface area (Å²) in [6.45, 7) is -0.980. The molecule has 0 fully saturated rings. The standard InChI is InChI=1S/C46H76N16O18/c1-21(54-44(78)35(22(2)66)62-43(77)32(20-65)61-40(74)29(17-34(50)69)57-37(71)25(48)6-3-4-14-47)36(70)59-30(18-63)42(76)58-28(16-23-8-10-24(67)11-9-23)39(73)60-31(19-64)41(75)55-26(7-5-15-53-46(51)52)38(72)56-27(45(79)80)12-13-33(49)68/h8-11,21-22,25-32,35,63-67H,3-7,12-20,47-48H2,1-2H3,(H2,49,68)(H2,50,69)(H,54,78)(H,55,75)(H,56,72)(H,57,71)(H,58,76)(H,59,70)(H,60,73)(H,61,74)(H,62,77)(H,79,80)(H4,51,52,53)/t21-,22+,25-,26-,27-,28-,29-,30-,31-,32-,35-/m0/s1. The molecule has 0 bridgehead atoms. The summed E-state index contributed by atoms with van der Waals surface area (Å²) in [5, 5.41) is 80.2. The van der Waals surface area contributed by atoms with Gasteiger partial charge in [0.25, 0.3) is 0 Å². The molecule has 0 saturated carbocycles. The number of guanidine groups is 1. The molecule has 0 heterocycles. The molecule has 27 N–H and O–H groups in total. The molecule has 0 aliphatic heterocycles. The zero-order chi connectivity index (χ0) is 60.8. The number of phenols is 1. The lowest BCUT2D eigenvalue weighted by molar-refractivity contribution is -0.142. The van der Waals surface area contributed by atoms with Crippen LogP contribution in [0.4, 0.5) is 0 Å². The van der Waals surface area contributed by atoms with Crippen molar-refractivity contribution in [2.24, 2.45) is 39.4 Å². The lowest BCUT2D eigenvalue weighted by Gasteiger charge is -2.27. The molecule has 1 aromatic rings. The molecule has 448 valence electrons. The molecular weight excluding hydrogens is 1060 g/mol. The highest BCUT2D eigenvalue weighted by Crippen LogP contribution is 2.13. The zero-order valence-corrected chi connectivity index (χ0v) is 44.1. The summed E-state index contributed by atoms with van der Waals surface area (Å²) in [7, 11) is 0. The Hall–Kier alpha value is -8.31. The lowest BCUT2D eigenvalue weighted by Crippen LogP contribution is -2.62. The Labute approximate surface area is 458 Å². The molecule has 0 aliphatic rings. The van der Waals surface area contributed by atoms with E-state index < -0.39 is 183 Å². The molecule has 80 heavy (non-hydrogen) atoms. The number of aliphatic carboxylic acids is 1. The van der Waals surface area contributed by atoms with Crippen molar-refractivity contribution >= 4 is 76.9 Å². The number of primary amides is 2. The number of carboxylic acids is 1. The van der Waals surface area contributed by atoms with E-state index in [1.165, 1.54) is 24.3 Å². The smallest absolute Gasteiger partial charge is 0.326 e. The average Bonchev–Trinajstić information content (AvgIpc) is 3.39. The van der Waals surface area contributed by atoms with E-state index in [0.29, 0.717) is 19.4 Å². The molecule has 11 atom stereocenters. The first-order valence-electron chi connectivity index (χ1n) is 24.9. The number of nitrogens with one attached hydrogen (secondary N) is 9. The minimum atomic E-state index is -1.90. The van der Waals surface area contributed by atoms with Crippen LogP contribution >= 0.6 is 0 Å². The number of carbonyl (C=O) groups excluding carboxylic acids is 11. The van der Waals surface area contributed by atoms with Gasteiger partial charge in [-0.2, -0.15) is 0 Å². The number of hydrogen-bond donors (Lipinski definition) is 21. The topological polar surface area (TPSA) is 603 Å². The number of carbonyl (C=O) groups is 12. The van der Waals surface area contributed by atoms with Crippen LogP contribution in [0.25, 0.3) is 0 Å².